The lowest BCUT2D eigenvalue weighted by Crippen LogP contribution is -2.30. The van der Waals surface area contributed by atoms with Gasteiger partial charge >= 0.3 is 0 Å². The number of nitro benzene ring substituents is 1. The maximum Gasteiger partial charge on any atom is 0.293 e. The Morgan fingerprint density at radius 1 is 1.52 bits per heavy atom. The summed E-state index contributed by atoms with van der Waals surface area (Å²) in [5.74, 6) is -0.0619. The Kier molecular flexibility index (Phi) is 5.10. The fraction of sp³-hybridized carbons (Fsp3) is 0.500. The molecule has 1 atom stereocenters. The molecule has 1 amide bonds. The first-order valence-electron chi connectivity index (χ1n) is 7.10. The molecule has 7 heteroatoms. The van der Waals surface area contributed by atoms with Gasteiger partial charge in [-0.2, -0.15) is 0 Å². The summed E-state index contributed by atoms with van der Waals surface area (Å²) in [4.78, 5) is 21.6. The van der Waals surface area contributed by atoms with Gasteiger partial charge in [-0.05, 0) is 50.4 Å². The largest absolute Gasteiger partial charge is 0.379 e. The normalized spacial score (nSPS) is 18.2. The van der Waals surface area contributed by atoms with Crippen molar-refractivity contribution in [3.8, 4) is 0 Å². The van der Waals surface area contributed by atoms with E-state index in [-0.39, 0.29) is 11.3 Å². The van der Waals surface area contributed by atoms with Gasteiger partial charge in [0.2, 0.25) is 5.91 Å². The van der Waals surface area contributed by atoms with Crippen LogP contribution in [0, 0.1) is 16.0 Å². The molecular formula is C14H20N4O3. The minimum Gasteiger partial charge on any atom is -0.379 e. The Morgan fingerprint density at radius 3 is 2.95 bits per heavy atom. The van der Waals surface area contributed by atoms with Crippen molar-refractivity contribution in [1.82, 2.24) is 5.32 Å². The van der Waals surface area contributed by atoms with Crippen molar-refractivity contribution in [1.29, 1.82) is 0 Å². The number of carbonyl (C=O) groups is 1. The predicted molar refractivity (Wildman–Crippen MR) is 80.3 cm³/mol. The Labute approximate surface area is 123 Å². The van der Waals surface area contributed by atoms with E-state index in [0.717, 1.165) is 19.5 Å². The van der Waals surface area contributed by atoms with Gasteiger partial charge in [0.15, 0.2) is 0 Å². The van der Waals surface area contributed by atoms with Gasteiger partial charge in [0, 0.05) is 18.2 Å². The molecule has 21 heavy (non-hydrogen) atoms. The second-order valence-electron chi connectivity index (χ2n) is 5.28. The highest BCUT2D eigenvalue weighted by molar-refractivity contribution is 5.94. The molecular weight excluding hydrogens is 272 g/mol. The van der Waals surface area contributed by atoms with Gasteiger partial charge in [-0.15, -0.1) is 0 Å². The third kappa shape index (κ3) is 4.16. The van der Waals surface area contributed by atoms with Crippen LogP contribution in [0.15, 0.2) is 18.2 Å². The number of rotatable bonds is 6. The summed E-state index contributed by atoms with van der Waals surface area (Å²) >= 11 is 0. The van der Waals surface area contributed by atoms with E-state index in [1.165, 1.54) is 31.0 Å². The lowest BCUT2D eigenvalue weighted by molar-refractivity contribution is -0.384. The molecule has 2 rings (SSSR count). The topological polar surface area (TPSA) is 110 Å². The van der Waals surface area contributed by atoms with Crippen LogP contribution in [0.3, 0.4) is 0 Å². The van der Waals surface area contributed by atoms with Gasteiger partial charge in [-0.1, -0.05) is 0 Å². The number of nitro groups is 1. The maximum atomic E-state index is 11.1. The van der Waals surface area contributed by atoms with Crippen LogP contribution in [0.5, 0.6) is 0 Å². The fourth-order valence-corrected chi connectivity index (χ4v) is 2.57. The summed E-state index contributed by atoms with van der Waals surface area (Å²) in [6, 6.07) is 4.25. The van der Waals surface area contributed by atoms with E-state index in [0.29, 0.717) is 18.2 Å². The molecule has 4 N–H and O–H groups in total. The Hall–Kier alpha value is -2.15. The van der Waals surface area contributed by atoms with Crippen LogP contribution in [0.1, 0.15) is 29.6 Å². The van der Waals surface area contributed by atoms with Crippen LogP contribution in [0.4, 0.5) is 11.4 Å². The van der Waals surface area contributed by atoms with Crippen LogP contribution in [0.2, 0.25) is 0 Å². The summed E-state index contributed by atoms with van der Waals surface area (Å²) in [6.07, 6.45) is 3.33. The van der Waals surface area contributed by atoms with E-state index in [9.17, 15) is 14.9 Å². The quantitative estimate of drug-likeness (QED) is 0.543. The van der Waals surface area contributed by atoms with E-state index in [1.54, 1.807) is 0 Å². The SMILES string of the molecule is NC(=O)c1ccc(NCCC2CCCNC2)c([N+](=O)[O-])c1. The van der Waals surface area contributed by atoms with Gasteiger partial charge in [0.1, 0.15) is 5.69 Å². The molecule has 1 aliphatic rings. The van der Waals surface area contributed by atoms with Gasteiger partial charge in [-0.25, -0.2) is 0 Å². The molecule has 1 saturated heterocycles. The van der Waals surface area contributed by atoms with Gasteiger partial charge in [-0.3, -0.25) is 14.9 Å². The molecule has 0 aromatic heterocycles. The fourth-order valence-electron chi connectivity index (χ4n) is 2.57. The van der Waals surface area contributed by atoms with Gasteiger partial charge in [0.05, 0.1) is 4.92 Å². The number of piperidine rings is 1. The molecule has 1 fully saturated rings. The highest BCUT2D eigenvalue weighted by Crippen LogP contribution is 2.26. The third-order valence-electron chi connectivity index (χ3n) is 3.75. The highest BCUT2D eigenvalue weighted by Gasteiger charge is 2.17. The molecule has 1 aromatic rings. The lowest BCUT2D eigenvalue weighted by Gasteiger charge is -2.22. The lowest BCUT2D eigenvalue weighted by atomic mass is 9.96. The van der Waals surface area contributed by atoms with Gasteiger partial charge in [0.25, 0.3) is 5.69 Å². The second-order valence-corrected chi connectivity index (χ2v) is 5.28. The number of hydrogen-bond acceptors (Lipinski definition) is 5. The van der Waals surface area contributed by atoms with Gasteiger partial charge < -0.3 is 16.4 Å². The summed E-state index contributed by atoms with van der Waals surface area (Å²) in [6.45, 7) is 2.75. The first kappa shape index (κ1) is 15.2. The molecule has 0 saturated carbocycles. The molecule has 1 heterocycles. The minimum atomic E-state index is -0.669. The average molecular weight is 292 g/mol. The maximum absolute atomic E-state index is 11.1. The third-order valence-corrected chi connectivity index (χ3v) is 3.75. The predicted octanol–water partition coefficient (Wildman–Crippen LogP) is 1.50. The molecule has 7 nitrogen and oxygen atoms in total. The monoisotopic (exact) mass is 292 g/mol. The molecule has 0 spiro atoms. The van der Waals surface area contributed by atoms with Crippen LogP contribution in [-0.4, -0.2) is 30.5 Å². The second kappa shape index (κ2) is 7.03. The Bertz CT molecular complexity index is 527. The van der Waals surface area contributed by atoms with Crippen molar-refractivity contribution in [2.45, 2.75) is 19.3 Å². The number of amides is 1. The van der Waals surface area contributed by atoms with Crippen LogP contribution in [-0.2, 0) is 0 Å². The molecule has 1 unspecified atom stereocenters. The van der Waals surface area contributed by atoms with E-state index in [2.05, 4.69) is 10.6 Å². The molecule has 1 aromatic carbocycles. The van der Waals surface area contributed by atoms with Crippen molar-refractivity contribution in [2.75, 3.05) is 25.0 Å². The number of primary amides is 1. The zero-order chi connectivity index (χ0) is 15.2. The van der Waals surface area contributed by atoms with Crippen molar-refractivity contribution in [2.24, 2.45) is 11.7 Å². The summed E-state index contributed by atoms with van der Waals surface area (Å²) in [7, 11) is 0. The number of hydrogen-bond donors (Lipinski definition) is 3. The summed E-state index contributed by atoms with van der Waals surface area (Å²) < 4.78 is 0. The molecule has 114 valence electrons. The first-order chi connectivity index (χ1) is 10.1. The zero-order valence-electron chi connectivity index (χ0n) is 11.8. The summed E-state index contributed by atoms with van der Waals surface area (Å²) in [5.41, 5.74) is 5.59. The summed E-state index contributed by atoms with van der Waals surface area (Å²) in [5, 5.41) is 17.5. The van der Waals surface area contributed by atoms with Crippen LogP contribution in [0.25, 0.3) is 0 Å². The molecule has 0 bridgehead atoms. The van der Waals surface area contributed by atoms with Crippen LogP contribution >= 0.6 is 0 Å². The smallest absolute Gasteiger partial charge is 0.293 e. The van der Waals surface area contributed by atoms with Crippen molar-refractivity contribution < 1.29 is 9.72 Å². The molecule has 0 aliphatic carbocycles. The number of nitrogens with zero attached hydrogens (tertiary/aromatic N) is 1. The number of nitrogens with one attached hydrogen (secondary N) is 2. The molecule has 1 aliphatic heterocycles. The first-order valence-corrected chi connectivity index (χ1v) is 7.10. The zero-order valence-corrected chi connectivity index (χ0v) is 11.8. The van der Waals surface area contributed by atoms with E-state index in [4.69, 9.17) is 5.73 Å². The standard InChI is InChI=1S/C14H20N4O3/c15-14(19)11-3-4-12(13(8-11)18(20)21)17-7-5-10-2-1-6-16-9-10/h3-4,8,10,16-17H,1-2,5-7,9H2,(H2,15,19). The van der Waals surface area contributed by atoms with Crippen molar-refractivity contribution in [3.05, 3.63) is 33.9 Å². The number of nitrogens with two attached hydrogens (primary N) is 1. The van der Waals surface area contributed by atoms with E-state index >= 15 is 0 Å². The molecule has 0 radical (unpaired) electrons. The number of carbonyl (C=O) groups excluding carboxylic acids is 1. The number of anilines is 1. The number of benzene rings is 1. The average Bonchev–Trinajstić information content (AvgIpc) is 2.48. The van der Waals surface area contributed by atoms with E-state index < -0.39 is 10.8 Å². The van der Waals surface area contributed by atoms with E-state index in [1.807, 2.05) is 0 Å². The Balaban J connectivity index is 1.98. The van der Waals surface area contributed by atoms with Crippen molar-refractivity contribution >= 4 is 17.3 Å². The minimum absolute atomic E-state index is 0.118. The van der Waals surface area contributed by atoms with Crippen molar-refractivity contribution in [3.63, 3.8) is 0 Å². The van der Waals surface area contributed by atoms with Crippen LogP contribution < -0.4 is 16.4 Å². The Morgan fingerprint density at radius 2 is 2.33 bits per heavy atom. The highest BCUT2D eigenvalue weighted by atomic mass is 16.6.